The Labute approximate surface area is 74.7 Å². The highest BCUT2D eigenvalue weighted by Crippen LogP contribution is 2.75. The van der Waals surface area contributed by atoms with Crippen LogP contribution in [0.1, 0.15) is 0 Å². The maximum atomic E-state index is 11.8. The molecule has 0 aromatic carbocycles. The van der Waals surface area contributed by atoms with E-state index in [1.165, 1.54) is 22.8 Å². The van der Waals surface area contributed by atoms with Gasteiger partial charge in [-0.3, -0.25) is 4.57 Å². The molecule has 0 aromatic heterocycles. The van der Waals surface area contributed by atoms with Crippen LogP contribution in [0.5, 0.6) is 0 Å². The average molecular weight is 205 g/mol. The van der Waals surface area contributed by atoms with Gasteiger partial charge in [-0.05, 0) is 17.6 Å². The van der Waals surface area contributed by atoms with Crippen molar-refractivity contribution in [2.45, 2.75) is 0 Å². The van der Waals surface area contributed by atoms with Crippen molar-refractivity contribution in [3.63, 3.8) is 0 Å². The Kier molecular flexibility index (Phi) is 2.64. The van der Waals surface area contributed by atoms with Crippen molar-refractivity contribution in [2.24, 2.45) is 0 Å². The first kappa shape index (κ1) is 9.12. The van der Waals surface area contributed by atoms with Crippen LogP contribution in [0.15, 0.2) is 11.1 Å². The Balaban J connectivity index is 2.87. The highest BCUT2D eigenvalue weighted by atomic mass is 33.1. The summed E-state index contributed by atoms with van der Waals surface area (Å²) < 4.78 is 13.5. The van der Waals surface area contributed by atoms with Crippen LogP contribution in [0, 0.1) is 12.3 Å². The normalized spacial score (nSPS) is 29.9. The van der Waals surface area contributed by atoms with Gasteiger partial charge < -0.3 is 4.67 Å². The molecule has 60 valence electrons. The van der Waals surface area contributed by atoms with Crippen molar-refractivity contribution >= 4 is 28.5 Å². The first-order chi connectivity index (χ1) is 5.12. The summed E-state index contributed by atoms with van der Waals surface area (Å²) in [7, 11) is 1.79. The molecule has 0 saturated carbocycles. The summed E-state index contributed by atoms with van der Waals surface area (Å²) in [6.07, 6.45) is 8.76. The second-order valence-corrected chi connectivity index (χ2v) is 9.82. The van der Waals surface area contributed by atoms with Crippen LogP contribution in [-0.4, -0.2) is 18.0 Å². The molecule has 0 aliphatic carbocycles. The smallest absolute Gasteiger partial charge is 0.284 e. The van der Waals surface area contributed by atoms with E-state index in [4.69, 9.17) is 6.42 Å². The zero-order valence-electron chi connectivity index (χ0n) is 6.27. The number of rotatable bonds is 1. The first-order valence-electron chi connectivity index (χ1n) is 2.89. The molecule has 0 amide bonds. The summed E-state index contributed by atoms with van der Waals surface area (Å²) in [5.41, 5.74) is -2.28. The third kappa shape index (κ3) is 1.61. The summed E-state index contributed by atoms with van der Waals surface area (Å²) in [4.78, 5) is 0.755. The van der Waals surface area contributed by atoms with Gasteiger partial charge in [0.25, 0.3) is 5.70 Å². The minimum Gasteiger partial charge on any atom is -0.315 e. The van der Waals surface area contributed by atoms with Crippen LogP contribution < -0.4 is 0 Å². The molecule has 11 heavy (non-hydrogen) atoms. The van der Waals surface area contributed by atoms with Gasteiger partial charge in [-0.25, -0.2) is 0 Å². The lowest BCUT2D eigenvalue weighted by molar-refractivity contribution is 0.560. The molecular weight excluding hydrogens is 197 g/mol. The standard InChI is InChI=1S/C6H8NOPS2/c1-4-6-5-7(2)9(8,10-3)11-6/h1,5H,2-3H3. The van der Waals surface area contributed by atoms with Crippen molar-refractivity contribution in [1.29, 1.82) is 0 Å². The number of allylic oxidation sites excluding steroid dienone is 1. The van der Waals surface area contributed by atoms with Crippen molar-refractivity contribution in [1.82, 2.24) is 4.67 Å². The monoisotopic (exact) mass is 205 g/mol. The van der Waals surface area contributed by atoms with Crippen LogP contribution in [0.2, 0.25) is 0 Å². The van der Waals surface area contributed by atoms with Gasteiger partial charge in [-0.15, -0.1) is 6.42 Å². The lowest BCUT2D eigenvalue weighted by Gasteiger charge is -2.16. The molecule has 5 heteroatoms. The lowest BCUT2D eigenvalue weighted by Crippen LogP contribution is -1.96. The minimum absolute atomic E-state index is 0.755. The summed E-state index contributed by atoms with van der Waals surface area (Å²) >= 11 is 2.65. The molecule has 1 unspecified atom stereocenters. The van der Waals surface area contributed by atoms with E-state index in [1.807, 2.05) is 6.26 Å². The number of nitrogens with zero attached hydrogens (tertiary/aromatic N) is 1. The molecule has 0 spiro atoms. The molecule has 1 heterocycles. The van der Waals surface area contributed by atoms with Gasteiger partial charge in [-0.2, -0.15) is 0 Å². The summed E-state index contributed by atoms with van der Waals surface area (Å²) in [6.45, 7) is 0. The fourth-order valence-electron chi connectivity index (χ4n) is 0.682. The zero-order valence-corrected chi connectivity index (χ0v) is 8.80. The van der Waals surface area contributed by atoms with E-state index in [-0.39, 0.29) is 0 Å². The first-order valence-corrected chi connectivity index (χ1v) is 7.80. The maximum absolute atomic E-state index is 11.8. The molecule has 0 saturated heterocycles. The molecular formula is C6H8NOPS2. The second-order valence-electron chi connectivity index (χ2n) is 1.95. The Morgan fingerprint density at radius 2 is 2.55 bits per heavy atom. The quantitative estimate of drug-likeness (QED) is 0.484. The van der Waals surface area contributed by atoms with Crippen LogP contribution in [0.3, 0.4) is 0 Å². The molecule has 0 bridgehead atoms. The Morgan fingerprint density at radius 1 is 1.91 bits per heavy atom. The van der Waals surface area contributed by atoms with E-state index >= 15 is 0 Å². The Hall–Kier alpha value is 0.0300. The van der Waals surface area contributed by atoms with E-state index in [1.54, 1.807) is 17.9 Å². The van der Waals surface area contributed by atoms with Crippen LogP contribution >= 0.6 is 28.5 Å². The van der Waals surface area contributed by atoms with E-state index in [0.29, 0.717) is 0 Å². The van der Waals surface area contributed by atoms with Gasteiger partial charge in [0.2, 0.25) is 0 Å². The Morgan fingerprint density at radius 3 is 2.82 bits per heavy atom. The van der Waals surface area contributed by atoms with Gasteiger partial charge in [0, 0.05) is 13.2 Å². The van der Waals surface area contributed by atoms with Gasteiger partial charge >= 0.3 is 0 Å². The average Bonchev–Trinajstić information content (AvgIpc) is 2.29. The van der Waals surface area contributed by atoms with Gasteiger partial charge in [0.15, 0.2) is 0 Å². The van der Waals surface area contributed by atoms with Gasteiger partial charge in [0.05, 0.1) is 4.91 Å². The van der Waals surface area contributed by atoms with Crippen molar-refractivity contribution in [2.75, 3.05) is 13.3 Å². The fraction of sp³-hybridized carbons (Fsp3) is 0.333. The third-order valence-electron chi connectivity index (χ3n) is 1.28. The maximum Gasteiger partial charge on any atom is 0.284 e. The van der Waals surface area contributed by atoms with Gasteiger partial charge in [-0.1, -0.05) is 17.3 Å². The summed E-state index contributed by atoms with van der Waals surface area (Å²) in [5, 5.41) is 0. The highest BCUT2D eigenvalue weighted by Gasteiger charge is 2.32. The number of hydrogen-bond donors (Lipinski definition) is 0. The van der Waals surface area contributed by atoms with Crippen LogP contribution in [0.25, 0.3) is 0 Å². The largest absolute Gasteiger partial charge is 0.315 e. The summed E-state index contributed by atoms with van der Waals surface area (Å²) in [6, 6.07) is 0. The second kappa shape index (κ2) is 3.18. The van der Waals surface area contributed by atoms with Crippen LogP contribution in [-0.2, 0) is 4.57 Å². The molecule has 1 aliphatic heterocycles. The minimum atomic E-state index is -2.28. The molecule has 0 aromatic rings. The van der Waals surface area contributed by atoms with Crippen LogP contribution in [0.4, 0.5) is 0 Å². The topological polar surface area (TPSA) is 20.3 Å². The number of terminal acetylenes is 1. The predicted octanol–water partition coefficient (Wildman–Crippen LogP) is 2.61. The predicted molar refractivity (Wildman–Crippen MR) is 53.4 cm³/mol. The number of hydrogen-bond acceptors (Lipinski definition) is 3. The van der Waals surface area contributed by atoms with E-state index in [2.05, 4.69) is 5.92 Å². The van der Waals surface area contributed by atoms with E-state index in [9.17, 15) is 4.57 Å². The lowest BCUT2D eigenvalue weighted by atomic mass is 10.6. The SMILES string of the molecule is C#CC1=CN(C)P(=O)(SC)S1. The Bertz CT molecular complexity index is 281. The summed E-state index contributed by atoms with van der Waals surface area (Å²) in [5.74, 6) is 2.48. The fourth-order valence-corrected chi connectivity index (χ4v) is 6.09. The molecule has 2 nitrogen and oxygen atoms in total. The molecule has 0 N–H and O–H groups in total. The zero-order chi connectivity index (χ0) is 8.48. The van der Waals surface area contributed by atoms with E-state index < -0.39 is 5.70 Å². The third-order valence-corrected chi connectivity index (χ3v) is 9.50. The molecule has 0 fully saturated rings. The molecule has 1 atom stereocenters. The van der Waals surface area contributed by atoms with Crippen molar-refractivity contribution in [3.05, 3.63) is 11.1 Å². The van der Waals surface area contributed by atoms with Gasteiger partial charge in [0.1, 0.15) is 0 Å². The molecule has 1 rings (SSSR count). The van der Waals surface area contributed by atoms with E-state index in [0.717, 1.165) is 4.91 Å². The molecule has 0 radical (unpaired) electrons. The van der Waals surface area contributed by atoms with Crippen molar-refractivity contribution in [3.8, 4) is 12.3 Å². The highest BCUT2D eigenvalue weighted by molar-refractivity contribution is 8.90. The molecule has 1 aliphatic rings. The van der Waals surface area contributed by atoms with Crippen molar-refractivity contribution < 1.29 is 4.57 Å².